The Morgan fingerprint density at radius 3 is 2.89 bits per heavy atom. The van der Waals surface area contributed by atoms with Crippen molar-refractivity contribution in [2.24, 2.45) is 0 Å². The fourth-order valence-corrected chi connectivity index (χ4v) is 2.17. The Morgan fingerprint density at radius 1 is 1.21 bits per heavy atom. The lowest BCUT2D eigenvalue weighted by atomic mass is 10.1. The molecular weight excluding hydrogens is 279 g/mol. The van der Waals surface area contributed by atoms with Crippen molar-refractivity contribution in [3.8, 4) is 0 Å². The zero-order valence-corrected chi connectivity index (χ0v) is 12.1. The Labute approximate surface area is 123 Å². The van der Waals surface area contributed by atoms with E-state index in [0.717, 1.165) is 24.1 Å². The number of alkyl halides is 1. The largest absolute Gasteiger partial charge is 0.381 e. The van der Waals surface area contributed by atoms with Gasteiger partial charge in [0, 0.05) is 30.5 Å². The number of aryl methyl sites for hydroxylation is 1. The average Bonchev–Trinajstić information content (AvgIpc) is 2.45. The molecule has 0 aliphatic carbocycles. The van der Waals surface area contributed by atoms with Crippen LogP contribution < -0.4 is 5.32 Å². The first-order valence-electron chi connectivity index (χ1n) is 6.27. The van der Waals surface area contributed by atoms with Gasteiger partial charge in [0.1, 0.15) is 0 Å². The summed E-state index contributed by atoms with van der Waals surface area (Å²) >= 11 is 11.8. The van der Waals surface area contributed by atoms with E-state index in [1.807, 2.05) is 6.07 Å². The third-order valence-corrected chi connectivity index (χ3v) is 3.47. The zero-order valence-electron chi connectivity index (χ0n) is 10.6. The Kier molecular flexibility index (Phi) is 5.49. The molecule has 0 unspecified atom stereocenters. The molecule has 0 saturated heterocycles. The van der Waals surface area contributed by atoms with Crippen molar-refractivity contribution in [2.75, 3.05) is 11.2 Å². The normalized spacial score (nSPS) is 10.4. The lowest BCUT2D eigenvalue weighted by Crippen LogP contribution is -2.01. The maximum atomic E-state index is 6.07. The lowest BCUT2D eigenvalue weighted by Gasteiger charge is -2.09. The third kappa shape index (κ3) is 4.41. The molecule has 0 aliphatic heterocycles. The molecule has 0 saturated carbocycles. The third-order valence-electron chi connectivity index (χ3n) is 2.87. The van der Waals surface area contributed by atoms with Crippen molar-refractivity contribution in [1.82, 2.24) is 4.98 Å². The maximum Gasteiger partial charge on any atom is 0.0639 e. The monoisotopic (exact) mass is 294 g/mol. The lowest BCUT2D eigenvalue weighted by molar-refractivity contribution is 0.928. The molecule has 19 heavy (non-hydrogen) atoms. The van der Waals surface area contributed by atoms with Gasteiger partial charge < -0.3 is 5.32 Å². The molecule has 0 amide bonds. The molecule has 1 aromatic heterocycles. The van der Waals surface area contributed by atoms with Crippen molar-refractivity contribution in [1.29, 1.82) is 0 Å². The summed E-state index contributed by atoms with van der Waals surface area (Å²) < 4.78 is 0. The predicted octanol–water partition coefficient (Wildman–Crippen LogP) is 4.52. The first-order valence-corrected chi connectivity index (χ1v) is 7.18. The van der Waals surface area contributed by atoms with Crippen LogP contribution in [0.2, 0.25) is 5.02 Å². The van der Waals surface area contributed by atoms with E-state index in [0.29, 0.717) is 17.4 Å². The van der Waals surface area contributed by atoms with Crippen LogP contribution in [0.3, 0.4) is 0 Å². The van der Waals surface area contributed by atoms with E-state index in [4.69, 9.17) is 23.2 Å². The van der Waals surface area contributed by atoms with Gasteiger partial charge in [-0.05, 0) is 42.2 Å². The number of nitrogens with zero attached hydrogens (tertiary/aromatic N) is 1. The average molecular weight is 295 g/mol. The Balaban J connectivity index is 1.98. The van der Waals surface area contributed by atoms with Crippen LogP contribution in [-0.2, 0) is 13.0 Å². The van der Waals surface area contributed by atoms with Gasteiger partial charge >= 0.3 is 0 Å². The molecule has 2 nitrogen and oxygen atoms in total. The summed E-state index contributed by atoms with van der Waals surface area (Å²) in [5.41, 5.74) is 3.44. The van der Waals surface area contributed by atoms with Gasteiger partial charge in [0.25, 0.3) is 0 Å². The van der Waals surface area contributed by atoms with E-state index in [1.54, 1.807) is 12.4 Å². The second-order valence-electron chi connectivity index (χ2n) is 4.31. The Hall–Kier alpha value is -1.25. The number of hydrogen-bond donors (Lipinski definition) is 1. The second kappa shape index (κ2) is 7.37. The van der Waals surface area contributed by atoms with Crippen LogP contribution in [0.4, 0.5) is 5.69 Å². The van der Waals surface area contributed by atoms with E-state index >= 15 is 0 Å². The van der Waals surface area contributed by atoms with E-state index in [-0.39, 0.29) is 0 Å². The van der Waals surface area contributed by atoms with Crippen molar-refractivity contribution < 1.29 is 0 Å². The molecule has 4 heteroatoms. The molecule has 100 valence electrons. The highest BCUT2D eigenvalue weighted by Gasteiger charge is 2.00. The molecule has 2 rings (SSSR count). The SMILES string of the molecule is ClCCCc1cccc(NCc2ccncc2Cl)c1. The van der Waals surface area contributed by atoms with E-state index in [1.165, 1.54) is 5.56 Å². The summed E-state index contributed by atoms with van der Waals surface area (Å²) in [4.78, 5) is 3.98. The van der Waals surface area contributed by atoms with Crippen molar-refractivity contribution in [3.05, 3.63) is 58.9 Å². The standard InChI is InChI=1S/C15H16Cl2N2/c16-7-2-4-12-3-1-5-14(9-12)19-10-13-6-8-18-11-15(13)17/h1,3,5-6,8-9,11,19H,2,4,7,10H2. The number of hydrogen-bond acceptors (Lipinski definition) is 2. The first-order chi connectivity index (χ1) is 9.29. The zero-order chi connectivity index (χ0) is 13.5. The number of pyridine rings is 1. The van der Waals surface area contributed by atoms with Crippen LogP contribution in [-0.4, -0.2) is 10.9 Å². The molecule has 0 aliphatic rings. The summed E-state index contributed by atoms with van der Waals surface area (Å²) in [7, 11) is 0. The predicted molar refractivity (Wildman–Crippen MR) is 82.1 cm³/mol. The van der Waals surface area contributed by atoms with Gasteiger partial charge in [0.2, 0.25) is 0 Å². The van der Waals surface area contributed by atoms with Crippen molar-refractivity contribution in [2.45, 2.75) is 19.4 Å². The van der Waals surface area contributed by atoms with Gasteiger partial charge in [0.05, 0.1) is 5.02 Å². The highest BCUT2D eigenvalue weighted by Crippen LogP contribution is 2.17. The van der Waals surface area contributed by atoms with E-state index in [2.05, 4.69) is 34.6 Å². The minimum atomic E-state index is 0.688. The smallest absolute Gasteiger partial charge is 0.0639 e. The number of halogens is 2. The Morgan fingerprint density at radius 2 is 2.11 bits per heavy atom. The molecule has 0 spiro atoms. The molecule has 1 heterocycles. The highest BCUT2D eigenvalue weighted by molar-refractivity contribution is 6.31. The van der Waals surface area contributed by atoms with Crippen molar-refractivity contribution in [3.63, 3.8) is 0 Å². The fraction of sp³-hybridized carbons (Fsp3) is 0.267. The highest BCUT2D eigenvalue weighted by atomic mass is 35.5. The Bertz CT molecular complexity index is 529. The quantitative estimate of drug-likeness (QED) is 0.793. The van der Waals surface area contributed by atoms with Gasteiger partial charge in [-0.15, -0.1) is 11.6 Å². The fourth-order valence-electron chi connectivity index (χ4n) is 1.85. The molecule has 0 fully saturated rings. The summed E-state index contributed by atoms with van der Waals surface area (Å²) in [5.74, 6) is 0.699. The molecule has 1 aromatic carbocycles. The van der Waals surface area contributed by atoms with Gasteiger partial charge in [-0.2, -0.15) is 0 Å². The van der Waals surface area contributed by atoms with Crippen LogP contribution in [0.5, 0.6) is 0 Å². The summed E-state index contributed by atoms with van der Waals surface area (Å²) in [6.45, 7) is 0.695. The van der Waals surface area contributed by atoms with Crippen LogP contribution in [0, 0.1) is 0 Å². The topological polar surface area (TPSA) is 24.9 Å². The minimum absolute atomic E-state index is 0.688. The number of benzene rings is 1. The molecular formula is C15H16Cl2N2. The number of anilines is 1. The van der Waals surface area contributed by atoms with Crippen molar-refractivity contribution >= 4 is 28.9 Å². The molecule has 0 radical (unpaired) electrons. The van der Waals surface area contributed by atoms with E-state index in [9.17, 15) is 0 Å². The van der Waals surface area contributed by atoms with Crippen LogP contribution in [0.1, 0.15) is 17.5 Å². The van der Waals surface area contributed by atoms with Crippen LogP contribution >= 0.6 is 23.2 Å². The van der Waals surface area contributed by atoms with Gasteiger partial charge in [-0.25, -0.2) is 0 Å². The molecule has 2 aromatic rings. The number of aromatic nitrogens is 1. The molecule has 1 N–H and O–H groups in total. The van der Waals surface area contributed by atoms with Gasteiger partial charge in [-0.3, -0.25) is 4.98 Å². The van der Waals surface area contributed by atoms with Gasteiger partial charge in [-0.1, -0.05) is 23.7 Å². The molecule has 0 atom stereocenters. The van der Waals surface area contributed by atoms with Crippen LogP contribution in [0.15, 0.2) is 42.7 Å². The summed E-state index contributed by atoms with van der Waals surface area (Å²) in [6, 6.07) is 10.3. The van der Waals surface area contributed by atoms with Gasteiger partial charge in [0.15, 0.2) is 0 Å². The minimum Gasteiger partial charge on any atom is -0.381 e. The second-order valence-corrected chi connectivity index (χ2v) is 5.10. The summed E-state index contributed by atoms with van der Waals surface area (Å²) in [6.07, 6.45) is 5.42. The molecule has 0 bridgehead atoms. The van der Waals surface area contributed by atoms with E-state index < -0.39 is 0 Å². The first kappa shape index (κ1) is 14.2. The number of rotatable bonds is 6. The maximum absolute atomic E-state index is 6.07. The van der Waals surface area contributed by atoms with Crippen LogP contribution in [0.25, 0.3) is 0 Å². The summed E-state index contributed by atoms with van der Waals surface area (Å²) in [5, 5.41) is 4.06. The number of nitrogens with one attached hydrogen (secondary N) is 1.